The number of carbonyl (C=O) groups excluding carboxylic acids is 2. The Kier molecular flexibility index (Phi) is 11.0. The average Bonchev–Trinajstić information content (AvgIpc) is 3.38. The second-order valence-electron chi connectivity index (χ2n) is 7.59. The molecule has 0 aromatic carbocycles. The Bertz CT molecular complexity index is 541. The van der Waals surface area contributed by atoms with Crippen LogP contribution in [0.2, 0.25) is 0 Å². The lowest BCUT2D eigenvalue weighted by Crippen LogP contribution is -2.05. The van der Waals surface area contributed by atoms with E-state index >= 15 is 0 Å². The quantitative estimate of drug-likeness (QED) is 0.128. The summed E-state index contributed by atoms with van der Waals surface area (Å²) in [6.45, 7) is 6.86. The van der Waals surface area contributed by atoms with Crippen molar-refractivity contribution < 1.29 is 63.6 Å². The van der Waals surface area contributed by atoms with E-state index in [9.17, 15) is 9.59 Å². The summed E-state index contributed by atoms with van der Waals surface area (Å²) in [5.74, 6) is -0.173. The van der Waals surface area contributed by atoms with Gasteiger partial charge in [0.05, 0.1) is 13.2 Å². The Hall–Kier alpha value is -1.84. The maximum atomic E-state index is 11.3. The zero-order valence-electron chi connectivity index (χ0n) is 49.2. The van der Waals surface area contributed by atoms with Crippen LogP contribution >= 0.6 is 0 Å². The van der Waals surface area contributed by atoms with E-state index in [0.717, 1.165) is 32.1 Å². The van der Waals surface area contributed by atoms with E-state index in [0.29, 0.717) is 26.1 Å². The van der Waals surface area contributed by atoms with Crippen LogP contribution in [0, 0.1) is 0 Å². The second-order valence-corrected chi connectivity index (χ2v) is 7.59. The molecule has 0 aliphatic carbocycles. The van der Waals surface area contributed by atoms with E-state index in [1.54, 1.807) is 6.08 Å². The Labute approximate surface area is 238 Å². The van der Waals surface area contributed by atoms with Crippen molar-refractivity contribution in [3.63, 3.8) is 0 Å². The molecule has 4 heteroatoms. The highest BCUT2D eigenvalue weighted by molar-refractivity contribution is 5.69. The molecule has 0 N–H and O–H groups in total. The third kappa shape index (κ3) is 26.1. The summed E-state index contributed by atoms with van der Waals surface area (Å²) in [7, 11) is 0. The highest BCUT2D eigenvalue weighted by Crippen LogP contribution is 2.10. The molecule has 0 fully saturated rings. The van der Waals surface area contributed by atoms with Crippen molar-refractivity contribution in [2.75, 3.05) is 13.2 Å². The van der Waals surface area contributed by atoms with Gasteiger partial charge in [-0.2, -0.15) is 0 Å². The minimum Gasteiger partial charge on any atom is -0.465 e. The molecule has 31 heavy (non-hydrogen) atoms. The molecular weight excluding hydrogens is 388 g/mol. The van der Waals surface area contributed by atoms with Crippen LogP contribution in [0.4, 0.5) is 0 Å². The first-order valence-corrected chi connectivity index (χ1v) is 11.9. The van der Waals surface area contributed by atoms with Gasteiger partial charge in [0.1, 0.15) is 0 Å². The van der Waals surface area contributed by atoms with E-state index in [-0.39, 0.29) is 19.4 Å². The maximum absolute atomic E-state index is 11.3. The number of carbonyl (C=O) groups is 2. The third-order valence-corrected chi connectivity index (χ3v) is 4.72. The van der Waals surface area contributed by atoms with Crippen molar-refractivity contribution in [2.24, 2.45) is 0 Å². The highest BCUT2D eigenvalue weighted by atomic mass is 16.5. The van der Waals surface area contributed by atoms with Crippen molar-refractivity contribution in [1.29, 1.82) is 0 Å². The normalized spacial score (nSPS) is 18.2. The lowest BCUT2D eigenvalue weighted by Gasteiger charge is -2.03. The van der Waals surface area contributed by atoms with E-state index in [1.807, 2.05) is 12.2 Å². The van der Waals surface area contributed by atoms with Gasteiger partial charge in [-0.1, -0.05) is 89.7 Å². The Morgan fingerprint density at radius 1 is 1.06 bits per heavy atom. The minimum atomic E-state index is -0.103. The summed E-state index contributed by atoms with van der Waals surface area (Å²) in [4.78, 5) is 21.9. The Morgan fingerprint density at radius 3 is 2.42 bits per heavy atom. The summed E-state index contributed by atoms with van der Waals surface area (Å²) < 4.78 is 160. The number of hydrogen-bond donors (Lipinski definition) is 0. The number of rotatable bonds is 15. The van der Waals surface area contributed by atoms with Gasteiger partial charge in [-0.25, -0.2) is 0 Å². The average molecular weight is 497 g/mol. The van der Waals surface area contributed by atoms with Crippen LogP contribution in [0.15, 0.2) is 37.0 Å². The Morgan fingerprint density at radius 2 is 1.71 bits per heavy atom. The molecule has 0 atom stereocenters. The first-order valence-electron chi connectivity index (χ1n) is 26.9. The molecule has 0 aromatic rings. The Balaban J connectivity index is -0.0000000272. The molecule has 0 aromatic heterocycles. The van der Waals surface area contributed by atoms with Crippen LogP contribution in [0.1, 0.15) is 155 Å². The molecule has 210 valence electrons. The van der Waals surface area contributed by atoms with Crippen molar-refractivity contribution in [1.82, 2.24) is 0 Å². The molecule has 1 heterocycles. The lowest BCUT2D eigenvalue weighted by atomic mass is 10.1. The van der Waals surface area contributed by atoms with Gasteiger partial charge >= 0.3 is 11.9 Å². The van der Waals surface area contributed by atoms with Gasteiger partial charge in [0.25, 0.3) is 0 Å². The van der Waals surface area contributed by atoms with Crippen molar-refractivity contribution in [3.8, 4) is 0 Å². The van der Waals surface area contributed by atoms with Crippen LogP contribution < -0.4 is 0 Å². The molecule has 4 nitrogen and oxygen atoms in total. The fourth-order valence-corrected chi connectivity index (χ4v) is 2.91. The molecule has 0 saturated heterocycles. The van der Waals surface area contributed by atoms with Gasteiger partial charge in [-0.3, -0.25) is 9.59 Å². The first kappa shape index (κ1) is 13.0. The minimum absolute atomic E-state index is 0. The largest absolute Gasteiger partial charge is 0.465 e. The zero-order chi connectivity index (χ0) is 52.1. The maximum Gasteiger partial charge on any atom is 0.306 e. The number of cyclic esters (lactones) is 1. The molecule has 0 saturated carbocycles. The molecule has 1 aliphatic rings. The number of esters is 2. The van der Waals surface area contributed by atoms with E-state index in [1.165, 1.54) is 51.4 Å². The summed E-state index contributed by atoms with van der Waals surface area (Å²) in [5, 5.41) is 0. The second kappa shape index (κ2) is 26.2. The van der Waals surface area contributed by atoms with Gasteiger partial charge in [-0.15, -0.1) is 6.58 Å². The molecule has 1 aliphatic heterocycles. The molecule has 0 spiro atoms. The van der Waals surface area contributed by atoms with Crippen LogP contribution in [0.3, 0.4) is 0 Å². The van der Waals surface area contributed by atoms with Crippen LogP contribution in [0.5, 0.6) is 0 Å². The van der Waals surface area contributed by atoms with Gasteiger partial charge in [0, 0.05) is 57.4 Å². The van der Waals surface area contributed by atoms with Gasteiger partial charge in [0.2, 0.25) is 0 Å². The van der Waals surface area contributed by atoms with E-state index in [2.05, 4.69) is 25.7 Å². The van der Waals surface area contributed by atoms with Gasteiger partial charge < -0.3 is 9.47 Å². The molecule has 0 amide bonds. The van der Waals surface area contributed by atoms with E-state index in [4.69, 9.17) is 54.0 Å². The number of unbranched alkanes of at least 4 members (excludes halogenated alkanes) is 8. The zero-order valence-corrected chi connectivity index (χ0v) is 19.2. The summed E-state index contributed by atoms with van der Waals surface area (Å²) >= 11 is 0. The molecule has 0 bridgehead atoms. The molecule has 1 rings (SSSR count). The predicted octanol–water partition coefficient (Wildman–Crippen LogP) is 11.6. The monoisotopic (exact) mass is 497 g/mol. The summed E-state index contributed by atoms with van der Waals surface area (Å²) in [5.41, 5.74) is 0. The number of hydrogen-bond acceptors (Lipinski definition) is 4. The van der Waals surface area contributed by atoms with Crippen LogP contribution in [-0.4, -0.2) is 25.2 Å². The van der Waals surface area contributed by atoms with Crippen molar-refractivity contribution in [2.45, 2.75) is 111 Å². The summed E-state index contributed by atoms with van der Waals surface area (Å²) in [6.07, 6.45) is 26.4. The lowest BCUT2D eigenvalue weighted by molar-refractivity contribution is -0.144. The van der Waals surface area contributed by atoms with Gasteiger partial charge in [0.15, 0.2) is 0 Å². The SMILES string of the molecule is C.C=CCCOC(=O)CCC=CCCCCCCCCCC.O=C1CC/C=C\CCO1.[2H][2H].[2H][2H].[2H][2H].[2H][2H].[2H][2H].[2H][2H].[2H][2H].[2H][2H].[2H][2H].[2H][2H].[2H][2H].[2H][2H].[2H][2H].[2H][2H].[2H][2H]. The fourth-order valence-electron chi connectivity index (χ4n) is 2.91. The van der Waals surface area contributed by atoms with Crippen molar-refractivity contribution in [3.05, 3.63) is 37.0 Å². The van der Waals surface area contributed by atoms with Gasteiger partial charge in [-0.05, 0) is 38.5 Å². The molecule has 0 unspecified atom stereocenters. The van der Waals surface area contributed by atoms with Crippen LogP contribution in [0.25, 0.3) is 0 Å². The first-order chi connectivity index (χ1) is 29.7. The van der Waals surface area contributed by atoms with Crippen LogP contribution in [-0.2, 0) is 19.1 Å². The topological polar surface area (TPSA) is 52.6 Å². The van der Waals surface area contributed by atoms with E-state index < -0.39 is 0 Å². The predicted molar refractivity (Wildman–Crippen MR) is 164 cm³/mol. The fraction of sp³-hybridized carbons (Fsp3) is 0.704. The third-order valence-electron chi connectivity index (χ3n) is 4.72. The number of allylic oxidation sites excluding steroid dienone is 3. The molecule has 0 radical (unpaired) electrons. The molecular formula is C27H78O4. The standard InChI is InChI=1S/C19H34O2.C7H10O2.CH4.15H2/c1-3-5-7-8-9-10-11-12-13-14-15-16-17-19(20)21-18-6-4-2;8-7-5-3-1-2-4-6-9-7;;;;;;;;;;;;;;;;/h4,14-15H,2-3,5-13,16-18H2,1H3;1-2H,3-6H2;1H4;15*1H/b;2-1-;;;;;;;;;;;;;;;;/i;;;15*1+1D. The summed E-state index contributed by atoms with van der Waals surface area (Å²) in [6, 6.07) is 0. The smallest absolute Gasteiger partial charge is 0.306 e. The van der Waals surface area contributed by atoms with Crippen molar-refractivity contribution >= 4 is 11.9 Å². The number of ether oxygens (including phenoxy) is 2. The highest BCUT2D eigenvalue weighted by Gasteiger charge is 2.01.